The molecule has 19 heavy (non-hydrogen) atoms. The molecule has 0 saturated carbocycles. The smallest absolute Gasteiger partial charge is 0.150 e. The second-order valence-corrected chi connectivity index (χ2v) is 5.92. The Kier molecular flexibility index (Phi) is 3.52. The van der Waals surface area contributed by atoms with Crippen LogP contribution in [0.2, 0.25) is 0 Å². The SMILES string of the molecule is Cc1ccc(Oc2ccc(C(C)(C)C)cc2)c(N)c1. The second kappa shape index (κ2) is 4.96. The number of ether oxygens (including phenoxy) is 1. The van der Waals surface area contributed by atoms with Crippen LogP contribution in [0.1, 0.15) is 31.9 Å². The summed E-state index contributed by atoms with van der Waals surface area (Å²) in [6.07, 6.45) is 0. The number of hydrogen-bond acceptors (Lipinski definition) is 2. The lowest BCUT2D eigenvalue weighted by Gasteiger charge is -2.19. The van der Waals surface area contributed by atoms with Crippen molar-refractivity contribution in [2.45, 2.75) is 33.1 Å². The molecule has 0 spiro atoms. The van der Waals surface area contributed by atoms with Crippen LogP contribution in [0.3, 0.4) is 0 Å². The molecular weight excluding hydrogens is 234 g/mol. The molecule has 2 N–H and O–H groups in total. The summed E-state index contributed by atoms with van der Waals surface area (Å²) in [5.41, 5.74) is 9.19. The van der Waals surface area contributed by atoms with Gasteiger partial charge in [0.25, 0.3) is 0 Å². The van der Waals surface area contributed by atoms with Crippen molar-refractivity contribution < 1.29 is 4.74 Å². The summed E-state index contributed by atoms with van der Waals surface area (Å²) in [7, 11) is 0. The van der Waals surface area contributed by atoms with E-state index in [-0.39, 0.29) is 5.41 Å². The lowest BCUT2D eigenvalue weighted by molar-refractivity contribution is 0.483. The van der Waals surface area contributed by atoms with E-state index in [1.54, 1.807) is 0 Å². The third kappa shape index (κ3) is 3.28. The maximum atomic E-state index is 5.94. The van der Waals surface area contributed by atoms with Crippen LogP contribution in [-0.2, 0) is 5.41 Å². The summed E-state index contributed by atoms with van der Waals surface area (Å²) in [5.74, 6) is 1.51. The first-order valence-corrected chi connectivity index (χ1v) is 6.51. The number of anilines is 1. The molecule has 0 bridgehead atoms. The highest BCUT2D eigenvalue weighted by Gasteiger charge is 2.13. The highest BCUT2D eigenvalue weighted by Crippen LogP contribution is 2.30. The van der Waals surface area contributed by atoms with Gasteiger partial charge in [0.1, 0.15) is 11.5 Å². The molecule has 0 saturated heterocycles. The van der Waals surface area contributed by atoms with Gasteiger partial charge in [0.05, 0.1) is 5.69 Å². The molecule has 2 nitrogen and oxygen atoms in total. The number of nitrogen functional groups attached to an aromatic ring is 1. The number of rotatable bonds is 2. The van der Waals surface area contributed by atoms with Crippen molar-refractivity contribution in [3.05, 3.63) is 53.6 Å². The van der Waals surface area contributed by atoms with E-state index >= 15 is 0 Å². The van der Waals surface area contributed by atoms with Crippen molar-refractivity contribution in [1.82, 2.24) is 0 Å². The van der Waals surface area contributed by atoms with E-state index in [2.05, 4.69) is 32.9 Å². The van der Waals surface area contributed by atoms with Crippen LogP contribution in [0.4, 0.5) is 5.69 Å². The van der Waals surface area contributed by atoms with E-state index in [9.17, 15) is 0 Å². The predicted molar refractivity (Wildman–Crippen MR) is 80.8 cm³/mol. The van der Waals surface area contributed by atoms with Crippen molar-refractivity contribution in [1.29, 1.82) is 0 Å². The Morgan fingerprint density at radius 1 is 0.947 bits per heavy atom. The first-order valence-electron chi connectivity index (χ1n) is 6.51. The monoisotopic (exact) mass is 255 g/mol. The van der Waals surface area contributed by atoms with E-state index < -0.39 is 0 Å². The Hall–Kier alpha value is -1.96. The Morgan fingerprint density at radius 3 is 2.11 bits per heavy atom. The summed E-state index contributed by atoms with van der Waals surface area (Å²) in [5, 5.41) is 0. The van der Waals surface area contributed by atoms with E-state index in [0.29, 0.717) is 11.4 Å². The lowest BCUT2D eigenvalue weighted by Crippen LogP contribution is -2.10. The van der Waals surface area contributed by atoms with E-state index in [0.717, 1.165) is 11.3 Å². The molecule has 2 rings (SSSR count). The summed E-state index contributed by atoms with van der Waals surface area (Å²) in [6, 6.07) is 14.0. The number of benzene rings is 2. The van der Waals surface area contributed by atoms with E-state index in [4.69, 9.17) is 10.5 Å². The fourth-order valence-corrected chi connectivity index (χ4v) is 1.91. The number of nitrogens with two attached hydrogens (primary N) is 1. The highest BCUT2D eigenvalue weighted by atomic mass is 16.5. The molecule has 0 amide bonds. The largest absolute Gasteiger partial charge is 0.455 e. The predicted octanol–water partition coefficient (Wildman–Crippen LogP) is 4.67. The lowest BCUT2D eigenvalue weighted by atomic mass is 9.87. The number of hydrogen-bond donors (Lipinski definition) is 1. The molecule has 0 atom stereocenters. The zero-order chi connectivity index (χ0) is 14.0. The zero-order valence-corrected chi connectivity index (χ0v) is 12.0. The van der Waals surface area contributed by atoms with Crippen molar-refractivity contribution in [3.8, 4) is 11.5 Å². The minimum atomic E-state index is 0.154. The van der Waals surface area contributed by atoms with Crippen LogP contribution >= 0.6 is 0 Å². The first-order chi connectivity index (χ1) is 8.86. The maximum Gasteiger partial charge on any atom is 0.150 e. The summed E-state index contributed by atoms with van der Waals surface area (Å²) in [4.78, 5) is 0. The highest BCUT2D eigenvalue weighted by molar-refractivity contribution is 5.55. The van der Waals surface area contributed by atoms with Gasteiger partial charge in [0.15, 0.2) is 0 Å². The normalized spacial score (nSPS) is 11.4. The summed E-state index contributed by atoms with van der Waals surface area (Å²) >= 11 is 0. The van der Waals surface area contributed by atoms with Gasteiger partial charge in [0, 0.05) is 0 Å². The quantitative estimate of drug-likeness (QED) is 0.792. The fraction of sp³-hybridized carbons (Fsp3) is 0.294. The van der Waals surface area contributed by atoms with Crippen LogP contribution in [0.5, 0.6) is 11.5 Å². The van der Waals surface area contributed by atoms with E-state index in [1.165, 1.54) is 5.56 Å². The van der Waals surface area contributed by atoms with Gasteiger partial charge in [-0.25, -0.2) is 0 Å². The molecule has 0 radical (unpaired) electrons. The zero-order valence-electron chi connectivity index (χ0n) is 12.0. The first kappa shape index (κ1) is 13.5. The molecule has 100 valence electrons. The average Bonchev–Trinajstić information content (AvgIpc) is 2.32. The molecule has 0 fully saturated rings. The van der Waals surface area contributed by atoms with E-state index in [1.807, 2.05) is 37.3 Å². The Labute approximate surface area is 115 Å². The van der Waals surface area contributed by atoms with Crippen LogP contribution in [0.15, 0.2) is 42.5 Å². The molecule has 0 aliphatic heterocycles. The Morgan fingerprint density at radius 2 is 1.58 bits per heavy atom. The van der Waals surface area contributed by atoms with Crippen LogP contribution in [0, 0.1) is 6.92 Å². The molecule has 0 heterocycles. The van der Waals surface area contributed by atoms with Crippen molar-refractivity contribution in [2.75, 3.05) is 5.73 Å². The molecule has 2 heteroatoms. The standard InChI is InChI=1S/C17H21NO/c1-12-5-10-16(15(18)11-12)19-14-8-6-13(7-9-14)17(2,3)4/h5-11H,18H2,1-4H3. The topological polar surface area (TPSA) is 35.2 Å². The Bertz CT molecular complexity index is 565. The fourth-order valence-electron chi connectivity index (χ4n) is 1.91. The third-order valence-electron chi connectivity index (χ3n) is 3.11. The van der Waals surface area contributed by atoms with Crippen LogP contribution in [-0.4, -0.2) is 0 Å². The minimum absolute atomic E-state index is 0.154. The van der Waals surface area contributed by atoms with Gasteiger partial charge in [0.2, 0.25) is 0 Å². The van der Waals surface area contributed by atoms with Gasteiger partial charge >= 0.3 is 0 Å². The van der Waals surface area contributed by atoms with Gasteiger partial charge in [-0.1, -0.05) is 39.0 Å². The van der Waals surface area contributed by atoms with Gasteiger partial charge in [-0.3, -0.25) is 0 Å². The van der Waals surface area contributed by atoms with Gasteiger partial charge in [-0.15, -0.1) is 0 Å². The van der Waals surface area contributed by atoms with Crippen LogP contribution in [0.25, 0.3) is 0 Å². The van der Waals surface area contributed by atoms with Gasteiger partial charge < -0.3 is 10.5 Å². The summed E-state index contributed by atoms with van der Waals surface area (Å²) < 4.78 is 5.81. The molecule has 0 aliphatic rings. The molecule has 2 aromatic rings. The van der Waals surface area contributed by atoms with Crippen molar-refractivity contribution in [3.63, 3.8) is 0 Å². The van der Waals surface area contributed by atoms with Gasteiger partial charge in [-0.05, 0) is 47.7 Å². The van der Waals surface area contributed by atoms with Crippen molar-refractivity contribution in [2.24, 2.45) is 0 Å². The maximum absolute atomic E-state index is 5.94. The van der Waals surface area contributed by atoms with Crippen molar-refractivity contribution >= 4 is 5.69 Å². The number of aryl methyl sites for hydroxylation is 1. The molecule has 2 aromatic carbocycles. The van der Waals surface area contributed by atoms with Gasteiger partial charge in [-0.2, -0.15) is 0 Å². The van der Waals surface area contributed by atoms with Crippen LogP contribution < -0.4 is 10.5 Å². The average molecular weight is 255 g/mol. The molecular formula is C17H21NO. The molecule has 0 aliphatic carbocycles. The Balaban J connectivity index is 2.20. The minimum Gasteiger partial charge on any atom is -0.455 e. The third-order valence-corrected chi connectivity index (χ3v) is 3.11. The molecule has 0 aromatic heterocycles. The summed E-state index contributed by atoms with van der Waals surface area (Å²) in [6.45, 7) is 8.60. The second-order valence-electron chi connectivity index (χ2n) is 5.92. The molecule has 0 unspecified atom stereocenters.